The van der Waals surface area contributed by atoms with Crippen LogP contribution in [0.4, 0.5) is 5.69 Å². The van der Waals surface area contributed by atoms with Crippen molar-refractivity contribution in [1.29, 1.82) is 0 Å². The summed E-state index contributed by atoms with van der Waals surface area (Å²) in [5.74, 6) is 0.658. The highest BCUT2D eigenvalue weighted by atomic mass is 32.2. The number of rotatable bonds is 9. The molecule has 1 heterocycles. The Morgan fingerprint density at radius 3 is 2.09 bits per heavy atom. The van der Waals surface area contributed by atoms with Crippen molar-refractivity contribution in [2.45, 2.75) is 24.7 Å². The fourth-order valence-corrected chi connectivity index (χ4v) is 4.42. The lowest BCUT2D eigenvalue weighted by molar-refractivity contribution is -0.384. The predicted octanol–water partition coefficient (Wildman–Crippen LogP) is 4.87. The van der Waals surface area contributed by atoms with E-state index in [9.17, 15) is 14.9 Å². The zero-order chi connectivity index (χ0) is 23.9. The third kappa shape index (κ3) is 5.32. The van der Waals surface area contributed by atoms with E-state index in [2.05, 4.69) is 15.5 Å². The summed E-state index contributed by atoms with van der Waals surface area (Å²) in [6.07, 6.45) is 0. The van der Waals surface area contributed by atoms with Crippen molar-refractivity contribution in [3.63, 3.8) is 0 Å². The molecule has 0 bridgehead atoms. The lowest BCUT2D eigenvalue weighted by Crippen LogP contribution is -2.30. The van der Waals surface area contributed by atoms with Gasteiger partial charge in [-0.1, -0.05) is 72.4 Å². The van der Waals surface area contributed by atoms with Crippen LogP contribution in [0.2, 0.25) is 0 Å². The molecule has 1 aromatic heterocycles. The molecule has 4 rings (SSSR count). The summed E-state index contributed by atoms with van der Waals surface area (Å²) in [4.78, 5) is 23.4. The van der Waals surface area contributed by atoms with Crippen LogP contribution in [0.25, 0.3) is 11.4 Å². The van der Waals surface area contributed by atoms with E-state index in [1.54, 1.807) is 12.1 Å². The van der Waals surface area contributed by atoms with Crippen molar-refractivity contribution in [1.82, 2.24) is 20.1 Å². The van der Waals surface area contributed by atoms with Crippen molar-refractivity contribution in [3.05, 3.63) is 106 Å². The highest BCUT2D eigenvalue weighted by Crippen LogP contribution is 2.26. The molecule has 0 aliphatic rings. The molecule has 9 heteroatoms. The van der Waals surface area contributed by atoms with Crippen LogP contribution in [0.3, 0.4) is 0 Å². The topological polar surface area (TPSA) is 103 Å². The smallest absolute Gasteiger partial charge is 0.269 e. The molecule has 0 fully saturated rings. The number of nitrogens with zero attached hydrogens (tertiary/aromatic N) is 4. The second kappa shape index (κ2) is 10.8. The molecule has 0 unspecified atom stereocenters. The SMILES string of the molecule is CCn1c(SCC(=O)NC(c2ccccc2)c2ccccc2)nnc1-c1ccc([N+](=O)[O-])cc1. The Morgan fingerprint density at radius 1 is 0.971 bits per heavy atom. The molecule has 4 aromatic rings. The van der Waals surface area contributed by atoms with Crippen LogP contribution in [-0.4, -0.2) is 31.3 Å². The van der Waals surface area contributed by atoms with Gasteiger partial charge in [0.2, 0.25) is 5.91 Å². The number of aromatic nitrogens is 3. The summed E-state index contributed by atoms with van der Waals surface area (Å²) < 4.78 is 1.89. The highest BCUT2D eigenvalue weighted by Gasteiger charge is 2.19. The van der Waals surface area contributed by atoms with Gasteiger partial charge in [-0.05, 0) is 30.2 Å². The minimum atomic E-state index is -0.438. The summed E-state index contributed by atoms with van der Waals surface area (Å²) in [5, 5.41) is 23.2. The summed E-state index contributed by atoms with van der Waals surface area (Å²) in [7, 11) is 0. The van der Waals surface area contributed by atoms with Crippen molar-refractivity contribution < 1.29 is 9.72 Å². The number of non-ortho nitro benzene ring substituents is 1. The Kier molecular flexibility index (Phi) is 7.34. The van der Waals surface area contributed by atoms with Crippen LogP contribution < -0.4 is 5.32 Å². The molecule has 1 N–H and O–H groups in total. The average molecular weight is 474 g/mol. The lowest BCUT2D eigenvalue weighted by Gasteiger charge is -2.20. The number of nitro groups is 1. The van der Waals surface area contributed by atoms with Crippen LogP contribution in [0.5, 0.6) is 0 Å². The van der Waals surface area contributed by atoms with E-state index in [1.807, 2.05) is 72.2 Å². The zero-order valence-electron chi connectivity index (χ0n) is 18.5. The minimum absolute atomic E-state index is 0.0176. The van der Waals surface area contributed by atoms with Crippen molar-refractivity contribution in [3.8, 4) is 11.4 Å². The number of carbonyl (C=O) groups is 1. The van der Waals surface area contributed by atoms with Gasteiger partial charge in [0.1, 0.15) is 0 Å². The zero-order valence-corrected chi connectivity index (χ0v) is 19.3. The first-order chi connectivity index (χ1) is 16.6. The van der Waals surface area contributed by atoms with E-state index in [-0.39, 0.29) is 23.4 Å². The van der Waals surface area contributed by atoms with Gasteiger partial charge in [0.15, 0.2) is 11.0 Å². The largest absolute Gasteiger partial charge is 0.344 e. The first-order valence-corrected chi connectivity index (χ1v) is 11.8. The van der Waals surface area contributed by atoms with E-state index in [0.29, 0.717) is 17.5 Å². The Hall–Kier alpha value is -3.98. The second-order valence-corrected chi connectivity index (χ2v) is 8.41. The maximum absolute atomic E-state index is 12.9. The monoisotopic (exact) mass is 473 g/mol. The minimum Gasteiger partial charge on any atom is -0.344 e. The highest BCUT2D eigenvalue weighted by molar-refractivity contribution is 7.99. The maximum Gasteiger partial charge on any atom is 0.269 e. The Bertz CT molecular complexity index is 1220. The fraction of sp³-hybridized carbons (Fsp3) is 0.160. The van der Waals surface area contributed by atoms with Crippen LogP contribution >= 0.6 is 11.8 Å². The van der Waals surface area contributed by atoms with Gasteiger partial charge in [-0.15, -0.1) is 10.2 Å². The molecular weight excluding hydrogens is 450 g/mol. The van der Waals surface area contributed by atoms with Gasteiger partial charge in [0.25, 0.3) is 5.69 Å². The standard InChI is InChI=1S/C25H23N5O3S/c1-2-29-24(20-13-15-21(16-14-20)30(32)33)27-28-25(29)34-17-22(31)26-23(18-9-5-3-6-10-18)19-11-7-4-8-12-19/h3-16,23H,2,17H2,1H3,(H,26,31). The van der Waals surface area contributed by atoms with E-state index in [1.165, 1.54) is 23.9 Å². The molecule has 0 radical (unpaired) electrons. The van der Waals surface area contributed by atoms with Gasteiger partial charge in [0.05, 0.1) is 16.7 Å². The third-order valence-electron chi connectivity index (χ3n) is 5.27. The number of nitrogens with one attached hydrogen (secondary N) is 1. The first kappa shape index (κ1) is 23.2. The number of thioether (sulfide) groups is 1. The van der Waals surface area contributed by atoms with E-state index in [4.69, 9.17) is 0 Å². The molecule has 1 amide bonds. The fourth-order valence-electron chi connectivity index (χ4n) is 3.61. The molecule has 34 heavy (non-hydrogen) atoms. The number of amides is 1. The third-order valence-corrected chi connectivity index (χ3v) is 6.24. The summed E-state index contributed by atoms with van der Waals surface area (Å²) >= 11 is 1.30. The van der Waals surface area contributed by atoms with Crippen LogP contribution in [0, 0.1) is 10.1 Å². The number of hydrogen-bond donors (Lipinski definition) is 1. The number of nitro benzene ring substituents is 1. The van der Waals surface area contributed by atoms with Gasteiger partial charge >= 0.3 is 0 Å². The second-order valence-electron chi connectivity index (χ2n) is 7.46. The summed E-state index contributed by atoms with van der Waals surface area (Å²) in [5.41, 5.74) is 2.75. The van der Waals surface area contributed by atoms with Crippen molar-refractivity contribution in [2.75, 3.05) is 5.75 Å². The number of hydrogen-bond acceptors (Lipinski definition) is 6. The lowest BCUT2D eigenvalue weighted by atomic mass is 9.99. The average Bonchev–Trinajstić information content (AvgIpc) is 3.30. The Balaban J connectivity index is 1.47. The molecule has 0 spiro atoms. The predicted molar refractivity (Wildman–Crippen MR) is 131 cm³/mol. The maximum atomic E-state index is 12.9. The van der Waals surface area contributed by atoms with Gasteiger partial charge < -0.3 is 9.88 Å². The van der Waals surface area contributed by atoms with Gasteiger partial charge in [0, 0.05) is 24.2 Å². The van der Waals surface area contributed by atoms with Gasteiger partial charge in [-0.2, -0.15) is 0 Å². The van der Waals surface area contributed by atoms with E-state index in [0.717, 1.165) is 16.7 Å². The Morgan fingerprint density at radius 2 is 1.56 bits per heavy atom. The molecule has 0 saturated heterocycles. The molecule has 0 atom stereocenters. The van der Waals surface area contributed by atoms with Crippen LogP contribution in [0.15, 0.2) is 90.1 Å². The molecule has 0 saturated carbocycles. The number of benzene rings is 3. The molecule has 0 aliphatic heterocycles. The molecule has 8 nitrogen and oxygen atoms in total. The van der Waals surface area contributed by atoms with Gasteiger partial charge in [-0.25, -0.2) is 0 Å². The normalized spacial score (nSPS) is 10.9. The number of carbonyl (C=O) groups excluding carboxylic acids is 1. The molecule has 0 aliphatic carbocycles. The first-order valence-electron chi connectivity index (χ1n) is 10.8. The summed E-state index contributed by atoms with van der Waals surface area (Å²) in [6.45, 7) is 2.56. The molecule has 3 aromatic carbocycles. The quantitative estimate of drug-likeness (QED) is 0.211. The molecule has 172 valence electrons. The van der Waals surface area contributed by atoms with Crippen molar-refractivity contribution in [2.24, 2.45) is 0 Å². The summed E-state index contributed by atoms with van der Waals surface area (Å²) in [6, 6.07) is 25.6. The van der Waals surface area contributed by atoms with Crippen molar-refractivity contribution >= 4 is 23.4 Å². The van der Waals surface area contributed by atoms with Crippen LogP contribution in [-0.2, 0) is 11.3 Å². The molecular formula is C25H23N5O3S. The van der Waals surface area contributed by atoms with E-state index < -0.39 is 4.92 Å². The van der Waals surface area contributed by atoms with Gasteiger partial charge in [-0.3, -0.25) is 14.9 Å². The van der Waals surface area contributed by atoms with Crippen LogP contribution in [0.1, 0.15) is 24.1 Å². The Labute approximate surface area is 201 Å². The van der Waals surface area contributed by atoms with E-state index >= 15 is 0 Å².